The maximum Gasteiger partial charge on any atom is 0.387 e. The molecule has 1 rings (SSSR count). The molecule has 0 aliphatic heterocycles. The van der Waals surface area contributed by atoms with Gasteiger partial charge < -0.3 is 20.1 Å². The summed E-state index contributed by atoms with van der Waals surface area (Å²) >= 11 is 0. The van der Waals surface area contributed by atoms with Gasteiger partial charge in [-0.1, -0.05) is 13.8 Å². The minimum atomic E-state index is -3.04. The Morgan fingerprint density at radius 1 is 1.08 bits per heavy atom. The van der Waals surface area contributed by atoms with Crippen molar-refractivity contribution in [2.75, 3.05) is 12.4 Å². The van der Waals surface area contributed by atoms with Crippen LogP contribution in [0, 0.1) is 5.92 Å². The summed E-state index contributed by atoms with van der Waals surface area (Å²) in [5.41, 5.74) is 0.145. The van der Waals surface area contributed by atoms with E-state index in [4.69, 9.17) is 4.74 Å². The number of amides is 2. The third-order valence-corrected chi connectivity index (χ3v) is 3.40. The van der Waals surface area contributed by atoms with E-state index in [1.54, 1.807) is 0 Å². The van der Waals surface area contributed by atoms with E-state index in [-0.39, 0.29) is 23.2 Å². The second-order valence-electron chi connectivity index (χ2n) is 6.04. The average molecular weight is 358 g/mol. The number of hydrogen-bond donors (Lipinski definition) is 2. The van der Waals surface area contributed by atoms with Gasteiger partial charge in [0.15, 0.2) is 11.5 Å². The number of anilines is 1. The Labute approximate surface area is 145 Å². The minimum Gasteiger partial charge on any atom is -0.493 e. The Bertz CT molecular complexity index is 594. The van der Waals surface area contributed by atoms with Crippen LogP contribution in [0.1, 0.15) is 33.6 Å². The van der Waals surface area contributed by atoms with Crippen LogP contribution in [0.5, 0.6) is 11.5 Å². The van der Waals surface area contributed by atoms with Gasteiger partial charge >= 0.3 is 18.4 Å². The van der Waals surface area contributed by atoms with Crippen LogP contribution in [0.25, 0.3) is 0 Å². The highest BCUT2D eigenvalue weighted by Gasteiger charge is 2.18. The minimum absolute atomic E-state index is 0.0880. The summed E-state index contributed by atoms with van der Waals surface area (Å²) in [6.45, 7) is 2.92. The predicted octanol–water partition coefficient (Wildman–Crippen LogP) is 3.18. The van der Waals surface area contributed by atoms with Crippen LogP contribution in [0.2, 0.25) is 0 Å². The highest BCUT2D eigenvalue weighted by molar-refractivity contribution is 6.39. The molecule has 2 amide bonds. The molecule has 25 heavy (non-hydrogen) atoms. The van der Waals surface area contributed by atoms with Crippen molar-refractivity contribution >= 4 is 17.5 Å². The van der Waals surface area contributed by atoms with E-state index in [0.29, 0.717) is 5.92 Å². The molecule has 0 aliphatic carbocycles. The fourth-order valence-electron chi connectivity index (χ4n) is 2.08. The molecule has 0 bridgehead atoms. The van der Waals surface area contributed by atoms with Gasteiger partial charge in [0.2, 0.25) is 0 Å². The molecule has 1 aromatic rings. The van der Waals surface area contributed by atoms with E-state index in [2.05, 4.69) is 29.2 Å². The van der Waals surface area contributed by atoms with Crippen molar-refractivity contribution in [2.45, 2.75) is 46.3 Å². The summed E-state index contributed by atoms with van der Waals surface area (Å²) in [7, 11) is 1.30. The Balaban J connectivity index is 2.68. The summed E-state index contributed by atoms with van der Waals surface area (Å²) < 4.78 is 34.0. The van der Waals surface area contributed by atoms with Crippen LogP contribution in [-0.2, 0) is 9.59 Å². The molecular formula is C17H24F2N2O4. The maximum atomic E-state index is 12.4. The first-order valence-corrected chi connectivity index (χ1v) is 7.97. The van der Waals surface area contributed by atoms with E-state index in [0.717, 1.165) is 12.8 Å². The van der Waals surface area contributed by atoms with Crippen molar-refractivity contribution in [3.63, 3.8) is 0 Å². The number of halogens is 2. The lowest BCUT2D eigenvalue weighted by Gasteiger charge is -2.15. The molecule has 0 heterocycles. The smallest absolute Gasteiger partial charge is 0.387 e. The second kappa shape index (κ2) is 9.80. The molecule has 0 aromatic heterocycles. The first-order valence-electron chi connectivity index (χ1n) is 7.97. The molecule has 6 nitrogen and oxygen atoms in total. The normalized spacial score (nSPS) is 12.0. The summed E-state index contributed by atoms with van der Waals surface area (Å²) in [4.78, 5) is 23.8. The molecule has 0 saturated carbocycles. The Hall–Kier alpha value is -2.38. The average Bonchev–Trinajstić information content (AvgIpc) is 2.52. The van der Waals surface area contributed by atoms with E-state index in [1.807, 2.05) is 6.92 Å². The molecule has 0 aliphatic rings. The zero-order valence-electron chi connectivity index (χ0n) is 14.8. The third kappa shape index (κ3) is 7.36. The first kappa shape index (κ1) is 20.7. The maximum absolute atomic E-state index is 12.4. The van der Waals surface area contributed by atoms with Crippen LogP contribution >= 0.6 is 0 Å². The molecule has 140 valence electrons. The van der Waals surface area contributed by atoms with E-state index >= 15 is 0 Å². The summed E-state index contributed by atoms with van der Waals surface area (Å²) in [5.74, 6) is -1.32. The number of carbonyl (C=O) groups is 2. The van der Waals surface area contributed by atoms with Crippen molar-refractivity contribution in [3.05, 3.63) is 18.2 Å². The number of hydrogen-bond acceptors (Lipinski definition) is 4. The van der Waals surface area contributed by atoms with Gasteiger partial charge in [0.05, 0.1) is 7.11 Å². The van der Waals surface area contributed by atoms with Crippen LogP contribution in [0.4, 0.5) is 14.5 Å². The largest absolute Gasteiger partial charge is 0.493 e. The van der Waals surface area contributed by atoms with Gasteiger partial charge in [-0.15, -0.1) is 0 Å². The lowest BCUT2D eigenvalue weighted by Crippen LogP contribution is -2.40. The molecule has 1 aromatic carbocycles. The summed E-state index contributed by atoms with van der Waals surface area (Å²) in [5, 5.41) is 4.94. The van der Waals surface area contributed by atoms with Gasteiger partial charge in [0.1, 0.15) is 0 Å². The van der Waals surface area contributed by atoms with E-state index in [9.17, 15) is 18.4 Å². The molecule has 0 radical (unpaired) electrons. The summed E-state index contributed by atoms with van der Waals surface area (Å²) in [6, 6.07) is 3.80. The molecule has 1 atom stereocenters. The third-order valence-electron chi connectivity index (χ3n) is 3.40. The van der Waals surface area contributed by atoms with Crippen LogP contribution in [-0.4, -0.2) is 31.6 Å². The zero-order chi connectivity index (χ0) is 19.0. The Morgan fingerprint density at radius 3 is 2.32 bits per heavy atom. The van der Waals surface area contributed by atoms with Crippen LogP contribution in [0.3, 0.4) is 0 Å². The number of methoxy groups -OCH3 is 1. The molecule has 2 N–H and O–H groups in total. The van der Waals surface area contributed by atoms with Crippen molar-refractivity contribution in [1.29, 1.82) is 0 Å². The number of rotatable bonds is 8. The Morgan fingerprint density at radius 2 is 1.76 bits per heavy atom. The first-order chi connectivity index (χ1) is 11.7. The van der Waals surface area contributed by atoms with E-state index < -0.39 is 18.4 Å². The van der Waals surface area contributed by atoms with Crippen LogP contribution in [0.15, 0.2) is 18.2 Å². The molecular weight excluding hydrogens is 334 g/mol. The highest BCUT2D eigenvalue weighted by Crippen LogP contribution is 2.31. The van der Waals surface area contributed by atoms with Crippen molar-refractivity contribution in [2.24, 2.45) is 5.92 Å². The Kier molecular flexibility index (Phi) is 8.10. The number of ether oxygens (including phenoxy) is 2. The SMILES string of the molecule is COc1ccc(NC(=O)C(=O)NC(C)CCC(C)C)cc1OC(F)F. The lowest BCUT2D eigenvalue weighted by atomic mass is 10.0. The fourth-order valence-corrected chi connectivity index (χ4v) is 2.08. The van der Waals surface area contributed by atoms with Crippen molar-refractivity contribution < 1.29 is 27.8 Å². The second-order valence-corrected chi connectivity index (χ2v) is 6.04. The molecule has 0 fully saturated rings. The van der Waals surface area contributed by atoms with E-state index in [1.165, 1.54) is 25.3 Å². The molecule has 0 spiro atoms. The van der Waals surface area contributed by atoms with Gasteiger partial charge in [0, 0.05) is 17.8 Å². The molecule has 1 unspecified atom stereocenters. The standard InChI is InChI=1S/C17H24F2N2O4/c1-10(2)5-6-11(3)20-15(22)16(23)21-12-7-8-13(24-4)14(9-12)25-17(18)19/h7-11,17H,5-6H2,1-4H3,(H,20,22)(H,21,23). The predicted molar refractivity (Wildman–Crippen MR) is 89.9 cm³/mol. The fraction of sp³-hybridized carbons (Fsp3) is 0.529. The molecule has 0 saturated heterocycles. The van der Waals surface area contributed by atoms with Gasteiger partial charge in [-0.05, 0) is 37.8 Å². The van der Waals surface area contributed by atoms with Gasteiger partial charge in [0.25, 0.3) is 0 Å². The topological polar surface area (TPSA) is 76.7 Å². The lowest BCUT2D eigenvalue weighted by molar-refractivity contribution is -0.136. The summed E-state index contributed by atoms with van der Waals surface area (Å²) in [6.07, 6.45) is 1.68. The highest BCUT2D eigenvalue weighted by atomic mass is 19.3. The number of alkyl halides is 2. The number of benzene rings is 1. The molecule has 8 heteroatoms. The monoisotopic (exact) mass is 358 g/mol. The quantitative estimate of drug-likeness (QED) is 0.700. The zero-order valence-corrected chi connectivity index (χ0v) is 14.8. The van der Waals surface area contributed by atoms with Crippen molar-refractivity contribution in [3.8, 4) is 11.5 Å². The van der Waals surface area contributed by atoms with Crippen LogP contribution < -0.4 is 20.1 Å². The van der Waals surface area contributed by atoms with Crippen molar-refractivity contribution in [1.82, 2.24) is 5.32 Å². The van der Waals surface area contributed by atoms with Gasteiger partial charge in [-0.3, -0.25) is 9.59 Å². The number of nitrogens with one attached hydrogen (secondary N) is 2. The number of carbonyl (C=O) groups excluding carboxylic acids is 2. The van der Waals surface area contributed by atoms with Gasteiger partial charge in [-0.2, -0.15) is 8.78 Å². The van der Waals surface area contributed by atoms with Gasteiger partial charge in [-0.25, -0.2) is 0 Å².